The van der Waals surface area contributed by atoms with Crippen LogP contribution in [0.3, 0.4) is 0 Å². The van der Waals surface area contributed by atoms with Gasteiger partial charge < -0.3 is 10.2 Å². The van der Waals surface area contributed by atoms with Crippen molar-refractivity contribution in [3.8, 4) is 0 Å². The Morgan fingerprint density at radius 1 is 1.39 bits per heavy atom. The van der Waals surface area contributed by atoms with Crippen molar-refractivity contribution in [3.63, 3.8) is 0 Å². The first-order valence-electron chi connectivity index (χ1n) is 6.64. The minimum atomic E-state index is 0.676. The average molecular weight is 332 g/mol. The molecule has 0 spiro atoms. The van der Waals surface area contributed by atoms with Gasteiger partial charge in [0.25, 0.3) is 0 Å². The third-order valence-corrected chi connectivity index (χ3v) is 4.22. The van der Waals surface area contributed by atoms with Crippen LogP contribution in [0.2, 0.25) is 5.02 Å². The summed E-state index contributed by atoms with van der Waals surface area (Å²) in [6, 6.07) is 6.81. The van der Waals surface area contributed by atoms with Crippen molar-refractivity contribution in [2.75, 3.05) is 24.5 Å². The van der Waals surface area contributed by atoms with Crippen LogP contribution in [-0.4, -0.2) is 25.7 Å². The van der Waals surface area contributed by atoms with E-state index in [-0.39, 0.29) is 0 Å². The summed E-state index contributed by atoms with van der Waals surface area (Å²) in [4.78, 5) is 2.39. The maximum atomic E-state index is 6.30. The molecule has 1 saturated heterocycles. The van der Waals surface area contributed by atoms with E-state index in [4.69, 9.17) is 11.6 Å². The van der Waals surface area contributed by atoms with Crippen LogP contribution >= 0.6 is 27.5 Å². The smallest absolute Gasteiger partial charge is 0.0650 e. The van der Waals surface area contributed by atoms with Crippen LogP contribution < -0.4 is 10.2 Å². The standard InChI is InChI=1S/C14H20BrClN2/c1-2-7-17-12-5-8-18(9-6-12)14-4-3-11(15)10-13(14)16/h3-4,10,12,17H,2,5-9H2,1H3. The van der Waals surface area contributed by atoms with Gasteiger partial charge in [-0.25, -0.2) is 0 Å². The van der Waals surface area contributed by atoms with E-state index in [2.05, 4.69) is 45.2 Å². The lowest BCUT2D eigenvalue weighted by atomic mass is 10.0. The number of hydrogen-bond acceptors (Lipinski definition) is 2. The monoisotopic (exact) mass is 330 g/mol. The van der Waals surface area contributed by atoms with Crippen molar-refractivity contribution < 1.29 is 0 Å². The molecule has 0 radical (unpaired) electrons. The van der Waals surface area contributed by atoms with Crippen LogP contribution in [0.25, 0.3) is 0 Å². The first kappa shape index (κ1) is 14.2. The Morgan fingerprint density at radius 2 is 2.11 bits per heavy atom. The molecule has 0 atom stereocenters. The Labute approximate surface area is 123 Å². The third kappa shape index (κ3) is 3.62. The molecule has 0 amide bonds. The maximum absolute atomic E-state index is 6.30. The number of nitrogens with one attached hydrogen (secondary N) is 1. The molecule has 1 aliphatic heterocycles. The quantitative estimate of drug-likeness (QED) is 0.894. The molecule has 1 aromatic carbocycles. The number of nitrogens with zero attached hydrogens (tertiary/aromatic N) is 1. The molecule has 100 valence electrons. The normalized spacial score (nSPS) is 17.2. The van der Waals surface area contributed by atoms with Crippen molar-refractivity contribution in [2.24, 2.45) is 0 Å². The van der Waals surface area contributed by atoms with Crippen LogP contribution in [0.15, 0.2) is 22.7 Å². The highest BCUT2D eigenvalue weighted by molar-refractivity contribution is 9.10. The molecule has 0 aromatic heterocycles. The highest BCUT2D eigenvalue weighted by Crippen LogP contribution is 2.30. The zero-order chi connectivity index (χ0) is 13.0. The fourth-order valence-electron chi connectivity index (χ4n) is 2.41. The molecule has 4 heteroatoms. The number of piperidine rings is 1. The zero-order valence-corrected chi connectivity index (χ0v) is 13.1. The Kier molecular flexibility index (Phi) is 5.34. The SMILES string of the molecule is CCCNC1CCN(c2ccc(Br)cc2Cl)CC1. The van der Waals surface area contributed by atoms with E-state index < -0.39 is 0 Å². The molecule has 2 nitrogen and oxygen atoms in total. The number of rotatable bonds is 4. The van der Waals surface area contributed by atoms with Crippen molar-refractivity contribution in [3.05, 3.63) is 27.7 Å². The molecule has 2 rings (SSSR count). The summed E-state index contributed by atoms with van der Waals surface area (Å²) in [5, 5.41) is 4.44. The molecule has 1 fully saturated rings. The number of halogens is 2. The summed E-state index contributed by atoms with van der Waals surface area (Å²) in [6.45, 7) is 5.51. The lowest BCUT2D eigenvalue weighted by molar-refractivity contribution is 0.416. The van der Waals surface area contributed by atoms with Gasteiger partial charge in [-0.05, 0) is 44.0 Å². The predicted molar refractivity (Wildman–Crippen MR) is 82.7 cm³/mol. The number of anilines is 1. The Hall–Kier alpha value is -0.250. The van der Waals surface area contributed by atoms with Crippen molar-refractivity contribution in [1.82, 2.24) is 5.32 Å². The molecule has 1 aromatic rings. The van der Waals surface area contributed by atoms with Crippen molar-refractivity contribution in [2.45, 2.75) is 32.2 Å². The minimum absolute atomic E-state index is 0.676. The summed E-state index contributed by atoms with van der Waals surface area (Å²) in [6.07, 6.45) is 3.61. The van der Waals surface area contributed by atoms with Gasteiger partial charge in [0.1, 0.15) is 0 Å². The Balaban J connectivity index is 1.93. The molecule has 0 unspecified atom stereocenters. The first-order valence-corrected chi connectivity index (χ1v) is 7.81. The van der Waals surface area contributed by atoms with Gasteiger partial charge in [-0.15, -0.1) is 0 Å². The van der Waals surface area contributed by atoms with Gasteiger partial charge in [-0.3, -0.25) is 0 Å². The molecule has 1 heterocycles. The van der Waals surface area contributed by atoms with Gasteiger partial charge in [0, 0.05) is 23.6 Å². The summed E-state index contributed by atoms with van der Waals surface area (Å²) >= 11 is 9.74. The fraction of sp³-hybridized carbons (Fsp3) is 0.571. The van der Waals surface area contributed by atoms with Gasteiger partial charge in [0.05, 0.1) is 10.7 Å². The largest absolute Gasteiger partial charge is 0.370 e. The van der Waals surface area contributed by atoms with Gasteiger partial charge in [-0.2, -0.15) is 0 Å². The van der Waals surface area contributed by atoms with E-state index in [0.717, 1.165) is 34.8 Å². The van der Waals surface area contributed by atoms with E-state index >= 15 is 0 Å². The van der Waals surface area contributed by atoms with Crippen LogP contribution in [0.5, 0.6) is 0 Å². The summed E-state index contributed by atoms with van der Waals surface area (Å²) < 4.78 is 1.04. The van der Waals surface area contributed by atoms with Crippen LogP contribution in [0, 0.1) is 0 Å². The predicted octanol–water partition coefficient (Wildman–Crippen LogP) is 4.07. The van der Waals surface area contributed by atoms with E-state index in [9.17, 15) is 0 Å². The van der Waals surface area contributed by atoms with Crippen LogP contribution in [0.4, 0.5) is 5.69 Å². The molecular formula is C14H20BrClN2. The van der Waals surface area contributed by atoms with Gasteiger partial charge in [0.15, 0.2) is 0 Å². The maximum Gasteiger partial charge on any atom is 0.0650 e. The van der Waals surface area contributed by atoms with Crippen molar-refractivity contribution >= 4 is 33.2 Å². The molecule has 0 saturated carbocycles. The number of hydrogen-bond donors (Lipinski definition) is 1. The second-order valence-electron chi connectivity index (χ2n) is 4.81. The topological polar surface area (TPSA) is 15.3 Å². The van der Waals surface area contributed by atoms with Crippen LogP contribution in [-0.2, 0) is 0 Å². The molecule has 18 heavy (non-hydrogen) atoms. The molecular weight excluding hydrogens is 312 g/mol. The van der Waals surface area contributed by atoms with E-state index in [0.29, 0.717) is 6.04 Å². The Morgan fingerprint density at radius 3 is 2.72 bits per heavy atom. The number of benzene rings is 1. The van der Waals surface area contributed by atoms with Crippen molar-refractivity contribution in [1.29, 1.82) is 0 Å². The first-order chi connectivity index (χ1) is 8.70. The summed E-state index contributed by atoms with van der Waals surface area (Å²) in [5.41, 5.74) is 1.16. The lowest BCUT2D eigenvalue weighted by Gasteiger charge is -2.34. The molecule has 1 aliphatic rings. The van der Waals surface area contributed by atoms with E-state index in [1.54, 1.807) is 0 Å². The van der Waals surface area contributed by atoms with Gasteiger partial charge >= 0.3 is 0 Å². The molecule has 1 N–H and O–H groups in total. The van der Waals surface area contributed by atoms with E-state index in [1.807, 2.05) is 6.07 Å². The second-order valence-corrected chi connectivity index (χ2v) is 6.13. The van der Waals surface area contributed by atoms with Crippen LogP contribution in [0.1, 0.15) is 26.2 Å². The highest BCUT2D eigenvalue weighted by Gasteiger charge is 2.20. The minimum Gasteiger partial charge on any atom is -0.370 e. The highest BCUT2D eigenvalue weighted by atomic mass is 79.9. The van der Waals surface area contributed by atoms with Gasteiger partial charge in [0.2, 0.25) is 0 Å². The third-order valence-electron chi connectivity index (χ3n) is 3.43. The summed E-state index contributed by atoms with van der Waals surface area (Å²) in [5.74, 6) is 0. The van der Waals surface area contributed by atoms with Gasteiger partial charge in [-0.1, -0.05) is 34.5 Å². The second kappa shape index (κ2) is 6.78. The molecule has 0 aliphatic carbocycles. The fourth-order valence-corrected chi connectivity index (χ4v) is 3.20. The Bertz CT molecular complexity index is 389. The average Bonchev–Trinajstić information content (AvgIpc) is 2.37. The zero-order valence-electron chi connectivity index (χ0n) is 10.8. The van der Waals surface area contributed by atoms with E-state index in [1.165, 1.54) is 19.3 Å². The lowest BCUT2D eigenvalue weighted by Crippen LogP contribution is -2.42. The summed E-state index contributed by atoms with van der Waals surface area (Å²) in [7, 11) is 0. The molecule has 0 bridgehead atoms.